The molecule has 1 radical (unpaired) electrons. The Morgan fingerprint density at radius 1 is 1.50 bits per heavy atom. The molecule has 0 nitrogen and oxygen atoms in total. The van der Waals surface area contributed by atoms with E-state index in [0.717, 1.165) is 12.3 Å². The molecule has 1 unspecified atom stereocenters. The van der Waals surface area contributed by atoms with E-state index >= 15 is 0 Å². The Kier molecular flexibility index (Phi) is 3.55. The predicted octanol–water partition coefficient (Wildman–Crippen LogP) is 3.40. The molecular formula is C9H16Cl. The van der Waals surface area contributed by atoms with Gasteiger partial charge in [-0.2, -0.15) is 0 Å². The van der Waals surface area contributed by atoms with Crippen molar-refractivity contribution in [2.75, 3.05) is 0 Å². The van der Waals surface area contributed by atoms with E-state index in [-0.39, 0.29) is 0 Å². The van der Waals surface area contributed by atoms with Crippen LogP contribution in [0.3, 0.4) is 0 Å². The highest BCUT2D eigenvalue weighted by Gasteiger charge is 2.24. The van der Waals surface area contributed by atoms with Crippen molar-refractivity contribution >= 4 is 11.6 Å². The molecule has 0 aromatic heterocycles. The molecule has 0 aromatic rings. The Labute approximate surface area is 69.0 Å². The second kappa shape index (κ2) is 4.23. The van der Waals surface area contributed by atoms with Crippen LogP contribution in [0.2, 0.25) is 0 Å². The van der Waals surface area contributed by atoms with Crippen molar-refractivity contribution in [3.63, 3.8) is 0 Å². The molecule has 1 fully saturated rings. The first kappa shape index (κ1) is 8.39. The number of rotatable bonds is 4. The van der Waals surface area contributed by atoms with Gasteiger partial charge in [0.1, 0.15) is 0 Å². The second-order valence-corrected chi connectivity index (χ2v) is 3.76. The first-order valence-electron chi connectivity index (χ1n) is 4.28. The van der Waals surface area contributed by atoms with E-state index in [0.29, 0.717) is 5.38 Å². The molecule has 0 N–H and O–H groups in total. The SMILES string of the molecule is [CH2]CCCC(Cl)C1CCC1. The maximum absolute atomic E-state index is 6.13. The summed E-state index contributed by atoms with van der Waals surface area (Å²) in [5.41, 5.74) is 0. The van der Waals surface area contributed by atoms with Crippen molar-refractivity contribution in [1.29, 1.82) is 0 Å². The van der Waals surface area contributed by atoms with Crippen molar-refractivity contribution in [2.45, 2.75) is 43.9 Å². The van der Waals surface area contributed by atoms with Crippen LogP contribution in [0, 0.1) is 12.8 Å². The van der Waals surface area contributed by atoms with Gasteiger partial charge in [0.05, 0.1) is 0 Å². The molecule has 1 heteroatoms. The van der Waals surface area contributed by atoms with Crippen LogP contribution in [-0.2, 0) is 0 Å². The zero-order chi connectivity index (χ0) is 7.40. The first-order chi connectivity index (χ1) is 4.84. The molecule has 1 aliphatic rings. The summed E-state index contributed by atoms with van der Waals surface area (Å²) in [4.78, 5) is 0. The van der Waals surface area contributed by atoms with E-state index in [1.807, 2.05) is 0 Å². The molecule has 0 saturated heterocycles. The van der Waals surface area contributed by atoms with Crippen molar-refractivity contribution in [2.24, 2.45) is 5.92 Å². The number of hydrogen-bond acceptors (Lipinski definition) is 0. The summed E-state index contributed by atoms with van der Waals surface area (Å²) in [6.45, 7) is 3.80. The molecule has 10 heavy (non-hydrogen) atoms. The molecule has 1 rings (SSSR count). The zero-order valence-corrected chi connectivity index (χ0v) is 7.24. The molecule has 0 heterocycles. The summed E-state index contributed by atoms with van der Waals surface area (Å²) >= 11 is 6.13. The Bertz CT molecular complexity index is 86.7. The van der Waals surface area contributed by atoms with Gasteiger partial charge in [0, 0.05) is 5.38 Å². The van der Waals surface area contributed by atoms with Crippen LogP contribution in [0.15, 0.2) is 0 Å². The Hall–Kier alpha value is 0.290. The van der Waals surface area contributed by atoms with Gasteiger partial charge < -0.3 is 0 Å². The van der Waals surface area contributed by atoms with Crippen LogP contribution in [0.25, 0.3) is 0 Å². The van der Waals surface area contributed by atoms with Crippen LogP contribution in [0.5, 0.6) is 0 Å². The van der Waals surface area contributed by atoms with Gasteiger partial charge in [0.25, 0.3) is 0 Å². The zero-order valence-electron chi connectivity index (χ0n) is 6.48. The van der Waals surface area contributed by atoms with Crippen LogP contribution in [-0.4, -0.2) is 5.38 Å². The fourth-order valence-corrected chi connectivity index (χ4v) is 1.78. The van der Waals surface area contributed by atoms with E-state index in [1.165, 1.54) is 32.1 Å². The van der Waals surface area contributed by atoms with E-state index in [1.54, 1.807) is 0 Å². The maximum atomic E-state index is 6.13. The van der Waals surface area contributed by atoms with Gasteiger partial charge in [0.15, 0.2) is 0 Å². The molecule has 1 aliphatic carbocycles. The Morgan fingerprint density at radius 2 is 2.20 bits per heavy atom. The summed E-state index contributed by atoms with van der Waals surface area (Å²) in [6.07, 6.45) is 7.55. The van der Waals surface area contributed by atoms with Gasteiger partial charge in [-0.15, -0.1) is 11.6 Å². The highest BCUT2D eigenvalue weighted by atomic mass is 35.5. The standard InChI is InChI=1S/C9H16Cl/c1-2-3-7-9(10)8-5-4-6-8/h8-9H,1-7H2. The summed E-state index contributed by atoms with van der Waals surface area (Å²) < 4.78 is 0. The normalized spacial score (nSPS) is 22.2. The summed E-state index contributed by atoms with van der Waals surface area (Å²) in [6, 6.07) is 0. The van der Waals surface area contributed by atoms with Crippen LogP contribution < -0.4 is 0 Å². The lowest BCUT2D eigenvalue weighted by atomic mass is 9.81. The fourth-order valence-electron chi connectivity index (χ4n) is 1.38. The van der Waals surface area contributed by atoms with Crippen molar-refractivity contribution in [1.82, 2.24) is 0 Å². The molecule has 0 aromatic carbocycles. The number of halogens is 1. The highest BCUT2D eigenvalue weighted by Crippen LogP contribution is 2.34. The topological polar surface area (TPSA) is 0 Å². The third-order valence-corrected chi connectivity index (χ3v) is 2.97. The lowest BCUT2D eigenvalue weighted by molar-refractivity contribution is 0.293. The average Bonchev–Trinajstić information content (AvgIpc) is 1.79. The summed E-state index contributed by atoms with van der Waals surface area (Å²) in [7, 11) is 0. The van der Waals surface area contributed by atoms with Gasteiger partial charge in [-0.3, -0.25) is 0 Å². The Balaban J connectivity index is 2.02. The van der Waals surface area contributed by atoms with Gasteiger partial charge in [0.2, 0.25) is 0 Å². The van der Waals surface area contributed by atoms with Crippen molar-refractivity contribution in [3.05, 3.63) is 6.92 Å². The Morgan fingerprint density at radius 3 is 2.60 bits per heavy atom. The van der Waals surface area contributed by atoms with E-state index in [4.69, 9.17) is 11.6 Å². The minimum absolute atomic E-state index is 0.454. The molecule has 0 spiro atoms. The largest absolute Gasteiger partial charge is 0.123 e. The molecule has 0 bridgehead atoms. The van der Waals surface area contributed by atoms with Gasteiger partial charge in [-0.1, -0.05) is 26.2 Å². The predicted molar refractivity (Wildman–Crippen MR) is 46.2 cm³/mol. The third kappa shape index (κ3) is 2.16. The first-order valence-corrected chi connectivity index (χ1v) is 4.71. The minimum atomic E-state index is 0.454. The quantitative estimate of drug-likeness (QED) is 0.552. The average molecular weight is 160 g/mol. The third-order valence-electron chi connectivity index (χ3n) is 2.39. The molecule has 0 aliphatic heterocycles. The van der Waals surface area contributed by atoms with Crippen molar-refractivity contribution < 1.29 is 0 Å². The summed E-state index contributed by atoms with van der Waals surface area (Å²) in [5, 5.41) is 0.454. The lowest BCUT2D eigenvalue weighted by Gasteiger charge is -2.29. The smallest absolute Gasteiger partial charge is 0.0364 e. The van der Waals surface area contributed by atoms with Gasteiger partial charge in [-0.25, -0.2) is 0 Å². The molecular weight excluding hydrogens is 144 g/mol. The monoisotopic (exact) mass is 159 g/mol. The molecule has 0 amide bonds. The number of hydrogen-bond donors (Lipinski definition) is 0. The molecule has 1 atom stereocenters. The lowest BCUT2D eigenvalue weighted by Crippen LogP contribution is -2.22. The van der Waals surface area contributed by atoms with Crippen LogP contribution in [0.4, 0.5) is 0 Å². The van der Waals surface area contributed by atoms with E-state index < -0.39 is 0 Å². The molecule has 59 valence electrons. The molecule has 1 saturated carbocycles. The number of alkyl halides is 1. The fraction of sp³-hybridized carbons (Fsp3) is 0.889. The van der Waals surface area contributed by atoms with Crippen molar-refractivity contribution in [3.8, 4) is 0 Å². The van der Waals surface area contributed by atoms with Gasteiger partial charge >= 0.3 is 0 Å². The number of unbranched alkanes of at least 4 members (excludes halogenated alkanes) is 1. The van der Waals surface area contributed by atoms with Crippen LogP contribution >= 0.6 is 11.6 Å². The maximum Gasteiger partial charge on any atom is 0.0364 e. The summed E-state index contributed by atoms with van der Waals surface area (Å²) in [5.74, 6) is 0.841. The second-order valence-electron chi connectivity index (χ2n) is 3.20. The van der Waals surface area contributed by atoms with E-state index in [9.17, 15) is 0 Å². The van der Waals surface area contributed by atoms with Crippen LogP contribution in [0.1, 0.15) is 38.5 Å². The minimum Gasteiger partial charge on any atom is -0.123 e. The van der Waals surface area contributed by atoms with E-state index in [2.05, 4.69) is 6.92 Å². The van der Waals surface area contributed by atoms with Gasteiger partial charge in [-0.05, 0) is 25.2 Å². The highest BCUT2D eigenvalue weighted by molar-refractivity contribution is 6.20.